The van der Waals surface area contributed by atoms with Gasteiger partial charge in [-0.25, -0.2) is 0 Å². The molecular weight excluding hydrogens is 608 g/mol. The highest BCUT2D eigenvalue weighted by Crippen LogP contribution is 2.04. The third-order valence-corrected chi connectivity index (χ3v) is 5.74. The summed E-state index contributed by atoms with van der Waals surface area (Å²) in [6.07, 6.45) is -0.963. The maximum atomic E-state index is 9.21. The number of ether oxygens (including phenoxy) is 11. The second kappa shape index (κ2) is 35.7. The summed E-state index contributed by atoms with van der Waals surface area (Å²) in [5.74, 6) is 0. The molecule has 0 aliphatic heterocycles. The van der Waals surface area contributed by atoms with Crippen LogP contribution in [0.4, 0.5) is 0 Å². The summed E-state index contributed by atoms with van der Waals surface area (Å²) < 4.78 is 59.4. The molecule has 0 rings (SSSR count). The Balaban J connectivity index is 0. The first-order valence-corrected chi connectivity index (χ1v) is 16.4. The molecule has 14 heteroatoms. The third kappa shape index (κ3) is 37.9. The summed E-state index contributed by atoms with van der Waals surface area (Å²) >= 11 is 0. The van der Waals surface area contributed by atoms with Crippen LogP contribution in [-0.2, 0) is 52.1 Å². The lowest BCUT2D eigenvalue weighted by molar-refractivity contribution is -0.105. The number of aliphatic hydroxyl groups excluding tert-OH is 3. The Bertz CT molecular complexity index is 575. The van der Waals surface area contributed by atoms with Gasteiger partial charge in [-0.05, 0) is 48.5 Å². The normalized spacial score (nSPS) is 16.2. The van der Waals surface area contributed by atoms with Crippen molar-refractivity contribution in [2.75, 3.05) is 119 Å². The van der Waals surface area contributed by atoms with Crippen LogP contribution in [-0.4, -0.2) is 177 Å². The highest BCUT2D eigenvalue weighted by Gasteiger charge is 2.13. The summed E-state index contributed by atoms with van der Waals surface area (Å²) in [6.45, 7) is 20.7. The van der Waals surface area contributed by atoms with Crippen molar-refractivity contribution in [3.63, 3.8) is 0 Å². The Kier molecular flexibility index (Phi) is 36.9. The van der Waals surface area contributed by atoms with Gasteiger partial charge < -0.3 is 67.4 Å². The van der Waals surface area contributed by atoms with Gasteiger partial charge >= 0.3 is 0 Å². The van der Waals surface area contributed by atoms with E-state index in [1.165, 1.54) is 0 Å². The van der Waals surface area contributed by atoms with E-state index in [2.05, 4.69) is 0 Å². The zero-order valence-electron chi connectivity index (χ0n) is 29.9. The maximum Gasteiger partial charge on any atom is 0.0781 e. The van der Waals surface area contributed by atoms with E-state index >= 15 is 0 Å². The van der Waals surface area contributed by atoms with Gasteiger partial charge in [0.25, 0.3) is 0 Å². The minimum absolute atomic E-state index is 0.00355. The van der Waals surface area contributed by atoms with Crippen LogP contribution in [0.1, 0.15) is 48.5 Å². The second-order valence-electron chi connectivity index (χ2n) is 11.1. The summed E-state index contributed by atoms with van der Waals surface area (Å²) in [6, 6.07) is 0. The molecule has 0 spiro atoms. The first-order chi connectivity index (χ1) is 22.0. The smallest absolute Gasteiger partial charge is 0.0781 e. The van der Waals surface area contributed by atoms with Crippen molar-refractivity contribution >= 4 is 0 Å². The molecule has 0 amide bonds. The zero-order valence-corrected chi connectivity index (χ0v) is 29.9. The molecule has 46 heavy (non-hydrogen) atoms. The molecule has 0 saturated carbocycles. The molecule has 0 aliphatic rings. The minimum atomic E-state index is -0.474. The van der Waals surface area contributed by atoms with Crippen LogP contribution in [0.5, 0.6) is 0 Å². The topological polar surface area (TPSA) is 162 Å². The van der Waals surface area contributed by atoms with Gasteiger partial charge in [-0.2, -0.15) is 0 Å². The lowest BCUT2D eigenvalue weighted by atomic mass is 10.3. The molecule has 0 saturated heterocycles. The van der Waals surface area contributed by atoms with Crippen LogP contribution in [0, 0.1) is 0 Å². The van der Waals surface area contributed by atoms with Crippen LogP contribution >= 0.6 is 0 Å². The van der Waals surface area contributed by atoms with Crippen LogP contribution in [0.15, 0.2) is 0 Å². The Morgan fingerprint density at radius 3 is 0.957 bits per heavy atom. The number of aliphatic hydroxyl groups is 3. The fraction of sp³-hybridized carbons (Fsp3) is 1.00. The number of hydrogen-bond donors (Lipinski definition) is 3. The first kappa shape index (κ1) is 47.6. The highest BCUT2D eigenvalue weighted by molar-refractivity contribution is 4.58. The van der Waals surface area contributed by atoms with Crippen molar-refractivity contribution in [2.24, 2.45) is 0 Å². The Labute approximate surface area is 278 Å². The molecule has 7 atom stereocenters. The monoisotopic (exact) mass is 676 g/mol. The van der Waals surface area contributed by atoms with Crippen LogP contribution in [0.3, 0.4) is 0 Å². The van der Waals surface area contributed by atoms with E-state index in [1.807, 2.05) is 41.5 Å². The Hall–Kier alpha value is -0.560. The largest absolute Gasteiger partial charge is 0.394 e. The molecule has 0 aromatic carbocycles. The minimum Gasteiger partial charge on any atom is -0.394 e. The number of methoxy groups -OCH3 is 1. The SMILES string of the molecule is CC(O)COC(C)COC(C)COC(C)COC(C)COC(C)COC(C)CO.COCCOCCOCCOCCOCCO. The molecule has 7 unspecified atom stereocenters. The number of hydrogen-bond acceptors (Lipinski definition) is 14. The van der Waals surface area contributed by atoms with Crippen molar-refractivity contribution in [2.45, 2.75) is 91.2 Å². The molecule has 14 nitrogen and oxygen atoms in total. The summed E-state index contributed by atoms with van der Waals surface area (Å²) in [4.78, 5) is 0. The van der Waals surface area contributed by atoms with Crippen molar-refractivity contribution in [1.29, 1.82) is 0 Å². The van der Waals surface area contributed by atoms with Crippen molar-refractivity contribution in [3.05, 3.63) is 0 Å². The number of rotatable bonds is 33. The zero-order chi connectivity index (χ0) is 34.8. The molecule has 0 bridgehead atoms. The highest BCUT2D eigenvalue weighted by atomic mass is 16.6. The van der Waals surface area contributed by atoms with Gasteiger partial charge in [-0.1, -0.05) is 0 Å². The fourth-order valence-corrected chi connectivity index (χ4v) is 3.06. The Morgan fingerprint density at radius 1 is 0.391 bits per heavy atom. The average Bonchev–Trinajstić information content (AvgIpc) is 3.04. The second-order valence-corrected chi connectivity index (χ2v) is 11.1. The van der Waals surface area contributed by atoms with E-state index in [1.54, 1.807) is 14.0 Å². The summed E-state index contributed by atoms with van der Waals surface area (Å²) in [5, 5.41) is 26.6. The van der Waals surface area contributed by atoms with E-state index in [-0.39, 0.29) is 49.8 Å². The van der Waals surface area contributed by atoms with Crippen molar-refractivity contribution in [1.82, 2.24) is 0 Å². The van der Waals surface area contributed by atoms with E-state index in [0.717, 1.165) is 0 Å². The lowest BCUT2D eigenvalue weighted by Gasteiger charge is -2.22. The van der Waals surface area contributed by atoms with Gasteiger partial charge in [0.05, 0.1) is 155 Å². The molecule has 0 fully saturated rings. The standard InChI is InChI=1S/C21H44O8.C11H24O6/c1-15(23)9-24-17(3)11-26-19(5)13-28-21(7)14-29-20(6)12-27-18(4)10-25-16(2)8-22;1-13-4-5-15-8-9-17-11-10-16-7-6-14-3-2-12/h15-23H,8-14H2,1-7H3;12H,2-11H2,1H3. The van der Waals surface area contributed by atoms with Crippen molar-refractivity contribution in [3.8, 4) is 0 Å². The van der Waals surface area contributed by atoms with E-state index in [0.29, 0.717) is 99.1 Å². The molecule has 3 N–H and O–H groups in total. The molecule has 0 aromatic heterocycles. The molecule has 280 valence electrons. The van der Waals surface area contributed by atoms with Gasteiger partial charge in [0.15, 0.2) is 0 Å². The average molecular weight is 677 g/mol. The molecular formula is C32H68O14. The lowest BCUT2D eigenvalue weighted by Crippen LogP contribution is -2.30. The van der Waals surface area contributed by atoms with Crippen molar-refractivity contribution < 1.29 is 67.4 Å². The summed E-state index contributed by atoms with van der Waals surface area (Å²) in [7, 11) is 1.64. The van der Waals surface area contributed by atoms with Crippen LogP contribution in [0.2, 0.25) is 0 Å². The fourth-order valence-electron chi connectivity index (χ4n) is 3.06. The molecule has 0 aromatic rings. The van der Waals surface area contributed by atoms with E-state index < -0.39 is 6.10 Å². The first-order valence-electron chi connectivity index (χ1n) is 16.4. The van der Waals surface area contributed by atoms with Gasteiger partial charge in [-0.15, -0.1) is 0 Å². The maximum absolute atomic E-state index is 9.21. The Morgan fingerprint density at radius 2 is 0.674 bits per heavy atom. The molecule has 0 heterocycles. The van der Waals surface area contributed by atoms with Gasteiger partial charge in [-0.3, -0.25) is 0 Å². The summed E-state index contributed by atoms with van der Waals surface area (Å²) in [5.41, 5.74) is 0. The molecule has 0 aliphatic carbocycles. The molecule has 0 radical (unpaired) electrons. The predicted molar refractivity (Wildman–Crippen MR) is 173 cm³/mol. The van der Waals surface area contributed by atoms with Crippen LogP contribution in [0.25, 0.3) is 0 Å². The van der Waals surface area contributed by atoms with Gasteiger partial charge in [0.1, 0.15) is 0 Å². The van der Waals surface area contributed by atoms with Crippen LogP contribution < -0.4 is 0 Å². The van der Waals surface area contributed by atoms with E-state index in [9.17, 15) is 5.11 Å². The third-order valence-electron chi connectivity index (χ3n) is 5.74. The van der Waals surface area contributed by atoms with Gasteiger partial charge in [0, 0.05) is 7.11 Å². The predicted octanol–water partition coefficient (Wildman–Crippen LogP) is 1.48. The van der Waals surface area contributed by atoms with Gasteiger partial charge in [0.2, 0.25) is 0 Å². The van der Waals surface area contributed by atoms with E-state index in [4.69, 9.17) is 62.3 Å². The quantitative estimate of drug-likeness (QED) is 0.0857.